The fraction of sp³-hybridized carbons (Fsp3) is 0.400. The number of carbonyl (C=O) groups excluding carboxylic acids is 1. The molecule has 0 aliphatic rings. The molecule has 0 saturated carbocycles. The van der Waals surface area contributed by atoms with Gasteiger partial charge in [0, 0.05) is 19.0 Å². The van der Waals surface area contributed by atoms with Crippen molar-refractivity contribution in [1.29, 1.82) is 0 Å². The van der Waals surface area contributed by atoms with Gasteiger partial charge in [-0.25, -0.2) is 0 Å². The Bertz CT molecular complexity index is 655. The maximum Gasteiger partial charge on any atom is 0.226 e. The monoisotopic (exact) mass is 322 g/mol. The van der Waals surface area contributed by atoms with Gasteiger partial charge in [0.1, 0.15) is 0 Å². The third kappa shape index (κ3) is 4.73. The van der Waals surface area contributed by atoms with Crippen molar-refractivity contribution in [2.24, 2.45) is 5.92 Å². The van der Waals surface area contributed by atoms with Crippen molar-refractivity contribution in [2.75, 3.05) is 10.6 Å². The Balaban J connectivity index is 1.96. The molecule has 0 aliphatic heterocycles. The molecule has 1 aromatic carbocycles. The molecular weight excluding hydrogens is 304 g/mol. The Labute approximate surface area is 134 Å². The second kappa shape index (κ2) is 7.26. The molecule has 0 atom stereocenters. The zero-order chi connectivity index (χ0) is 16.1. The minimum Gasteiger partial charge on any atom is -0.376 e. The van der Waals surface area contributed by atoms with Gasteiger partial charge >= 0.3 is 0 Å². The predicted octanol–water partition coefficient (Wildman–Crippen LogP) is 3.49. The molecule has 0 unspecified atom stereocenters. The van der Waals surface area contributed by atoms with Crippen LogP contribution in [0.25, 0.3) is 0 Å². The van der Waals surface area contributed by atoms with Crippen LogP contribution in [0.15, 0.2) is 22.7 Å². The molecule has 22 heavy (non-hydrogen) atoms. The molecule has 0 bridgehead atoms. The van der Waals surface area contributed by atoms with Crippen LogP contribution in [0.2, 0.25) is 5.02 Å². The molecule has 2 rings (SSSR count). The van der Waals surface area contributed by atoms with Crippen LogP contribution in [0.3, 0.4) is 0 Å². The Morgan fingerprint density at radius 2 is 2.18 bits per heavy atom. The minimum absolute atomic E-state index is 0.138. The molecule has 2 aromatic rings. The molecule has 0 radical (unpaired) electrons. The summed E-state index contributed by atoms with van der Waals surface area (Å²) in [6.07, 6.45) is 0.763. The zero-order valence-electron chi connectivity index (χ0n) is 12.8. The second-order valence-corrected chi connectivity index (χ2v) is 5.84. The van der Waals surface area contributed by atoms with E-state index in [-0.39, 0.29) is 5.91 Å². The van der Waals surface area contributed by atoms with Gasteiger partial charge in [0.05, 0.1) is 17.3 Å². The molecule has 0 fully saturated rings. The smallest absolute Gasteiger partial charge is 0.226 e. The molecule has 1 amide bonds. The number of aromatic nitrogens is 2. The van der Waals surface area contributed by atoms with Gasteiger partial charge < -0.3 is 15.2 Å². The summed E-state index contributed by atoms with van der Waals surface area (Å²) in [5.74, 6) is 1.55. The largest absolute Gasteiger partial charge is 0.376 e. The molecule has 0 aliphatic carbocycles. The number of rotatable bonds is 6. The fourth-order valence-corrected chi connectivity index (χ4v) is 2.16. The third-order valence-electron chi connectivity index (χ3n) is 2.82. The summed E-state index contributed by atoms with van der Waals surface area (Å²) in [4.78, 5) is 15.3. The normalized spacial score (nSPS) is 10.8. The van der Waals surface area contributed by atoms with E-state index in [0.29, 0.717) is 34.9 Å². The number of amides is 1. The maximum atomic E-state index is 11.0. The van der Waals surface area contributed by atoms with Crippen molar-refractivity contribution in [2.45, 2.75) is 33.7 Å². The summed E-state index contributed by atoms with van der Waals surface area (Å²) in [6.45, 7) is 6.06. The van der Waals surface area contributed by atoms with Gasteiger partial charge in [0.25, 0.3) is 0 Å². The van der Waals surface area contributed by atoms with Crippen LogP contribution in [-0.2, 0) is 17.8 Å². The van der Waals surface area contributed by atoms with Crippen molar-refractivity contribution in [3.8, 4) is 0 Å². The second-order valence-electron chi connectivity index (χ2n) is 5.43. The van der Waals surface area contributed by atoms with Crippen molar-refractivity contribution < 1.29 is 9.32 Å². The highest BCUT2D eigenvalue weighted by Gasteiger charge is 2.09. The average Bonchev–Trinajstić information content (AvgIpc) is 2.84. The molecular formula is C15H19ClN4O2. The SMILES string of the molecule is CC(=O)Nc1ccc(NCc2noc(CC(C)C)n2)c(Cl)c1. The molecule has 0 saturated heterocycles. The van der Waals surface area contributed by atoms with Crippen molar-refractivity contribution in [1.82, 2.24) is 10.1 Å². The lowest BCUT2D eigenvalue weighted by molar-refractivity contribution is -0.114. The summed E-state index contributed by atoms with van der Waals surface area (Å²) in [5.41, 5.74) is 1.40. The first-order chi connectivity index (χ1) is 10.4. The number of halogens is 1. The highest BCUT2D eigenvalue weighted by Crippen LogP contribution is 2.25. The number of hydrogen-bond acceptors (Lipinski definition) is 5. The van der Waals surface area contributed by atoms with E-state index in [1.54, 1.807) is 18.2 Å². The first-order valence-corrected chi connectivity index (χ1v) is 7.44. The topological polar surface area (TPSA) is 80.0 Å². The van der Waals surface area contributed by atoms with Gasteiger partial charge in [-0.2, -0.15) is 4.98 Å². The molecule has 0 spiro atoms. The first-order valence-electron chi connectivity index (χ1n) is 7.06. The van der Waals surface area contributed by atoms with Gasteiger partial charge in [-0.1, -0.05) is 30.6 Å². The summed E-state index contributed by atoms with van der Waals surface area (Å²) < 4.78 is 5.18. The van der Waals surface area contributed by atoms with Gasteiger partial charge in [0.2, 0.25) is 11.8 Å². The number of carbonyl (C=O) groups is 1. The molecule has 2 N–H and O–H groups in total. The summed E-state index contributed by atoms with van der Waals surface area (Å²) in [6, 6.07) is 5.25. The Morgan fingerprint density at radius 1 is 1.41 bits per heavy atom. The van der Waals surface area contributed by atoms with E-state index in [0.717, 1.165) is 12.1 Å². The minimum atomic E-state index is -0.138. The van der Waals surface area contributed by atoms with Gasteiger partial charge in [0.15, 0.2) is 5.82 Å². The van der Waals surface area contributed by atoms with Crippen LogP contribution in [0, 0.1) is 5.92 Å². The maximum absolute atomic E-state index is 11.0. The summed E-state index contributed by atoms with van der Waals surface area (Å²) >= 11 is 6.18. The molecule has 1 heterocycles. The number of anilines is 2. The van der Waals surface area contributed by atoms with Crippen LogP contribution in [0.5, 0.6) is 0 Å². The van der Waals surface area contributed by atoms with E-state index in [1.807, 2.05) is 0 Å². The third-order valence-corrected chi connectivity index (χ3v) is 3.13. The van der Waals surface area contributed by atoms with Crippen molar-refractivity contribution in [3.63, 3.8) is 0 Å². The van der Waals surface area contributed by atoms with Crippen LogP contribution >= 0.6 is 11.6 Å². The number of benzene rings is 1. The van der Waals surface area contributed by atoms with Crippen LogP contribution in [0.4, 0.5) is 11.4 Å². The zero-order valence-corrected chi connectivity index (χ0v) is 13.6. The summed E-state index contributed by atoms with van der Waals surface area (Å²) in [7, 11) is 0. The van der Waals surface area contributed by atoms with E-state index < -0.39 is 0 Å². The van der Waals surface area contributed by atoms with Gasteiger partial charge in [-0.3, -0.25) is 4.79 Å². The number of hydrogen-bond donors (Lipinski definition) is 2. The Kier molecular flexibility index (Phi) is 5.38. The number of nitrogens with one attached hydrogen (secondary N) is 2. The number of nitrogens with zero attached hydrogens (tertiary/aromatic N) is 2. The standard InChI is InChI=1S/C15H19ClN4O2/c1-9(2)6-15-19-14(20-22-15)8-17-13-5-4-11(7-12(13)16)18-10(3)21/h4-5,7,9,17H,6,8H2,1-3H3,(H,18,21). The van der Waals surface area contributed by atoms with E-state index in [4.69, 9.17) is 16.1 Å². The molecule has 7 heteroatoms. The van der Waals surface area contributed by atoms with Crippen molar-refractivity contribution in [3.05, 3.63) is 34.9 Å². The van der Waals surface area contributed by atoms with Gasteiger partial charge in [-0.05, 0) is 24.1 Å². The Hall–Kier alpha value is -2.08. The molecule has 6 nitrogen and oxygen atoms in total. The highest BCUT2D eigenvalue weighted by atomic mass is 35.5. The Morgan fingerprint density at radius 3 is 2.82 bits per heavy atom. The lowest BCUT2D eigenvalue weighted by Crippen LogP contribution is -2.06. The first kappa shape index (κ1) is 16.3. The lowest BCUT2D eigenvalue weighted by Gasteiger charge is -2.08. The van der Waals surface area contributed by atoms with E-state index in [2.05, 4.69) is 34.6 Å². The lowest BCUT2D eigenvalue weighted by atomic mass is 10.1. The van der Waals surface area contributed by atoms with Gasteiger partial charge in [-0.15, -0.1) is 0 Å². The van der Waals surface area contributed by atoms with Crippen LogP contribution < -0.4 is 10.6 Å². The van der Waals surface area contributed by atoms with Crippen molar-refractivity contribution >= 4 is 28.9 Å². The van der Waals surface area contributed by atoms with E-state index >= 15 is 0 Å². The summed E-state index contributed by atoms with van der Waals surface area (Å²) in [5, 5.41) is 10.3. The highest BCUT2D eigenvalue weighted by molar-refractivity contribution is 6.33. The van der Waals surface area contributed by atoms with Crippen LogP contribution in [0.1, 0.15) is 32.5 Å². The van der Waals surface area contributed by atoms with E-state index in [1.165, 1.54) is 6.92 Å². The van der Waals surface area contributed by atoms with E-state index in [9.17, 15) is 4.79 Å². The quantitative estimate of drug-likeness (QED) is 0.851. The predicted molar refractivity (Wildman–Crippen MR) is 85.9 cm³/mol. The molecule has 1 aromatic heterocycles. The van der Waals surface area contributed by atoms with Crippen LogP contribution in [-0.4, -0.2) is 16.0 Å². The fourth-order valence-electron chi connectivity index (χ4n) is 1.91. The molecule has 118 valence electrons. The average molecular weight is 323 g/mol.